The number of likely N-dealkylation sites (tertiary alicyclic amines) is 1. The Morgan fingerprint density at radius 2 is 1.62 bits per heavy atom. The van der Waals surface area contributed by atoms with E-state index >= 15 is 0 Å². The molecule has 1 atom stereocenters. The van der Waals surface area contributed by atoms with Crippen LogP contribution in [0.4, 0.5) is 0 Å². The summed E-state index contributed by atoms with van der Waals surface area (Å²) in [6.07, 6.45) is 5.84. The number of hydrogen-bond donors (Lipinski definition) is 2. The number of nitrogens with one attached hydrogen (secondary N) is 1. The summed E-state index contributed by atoms with van der Waals surface area (Å²) in [5.41, 5.74) is 0.751. The average Bonchev–Trinajstić information content (AvgIpc) is 2.98. The van der Waals surface area contributed by atoms with Crippen LogP contribution < -0.4 is 14.8 Å². The number of ether oxygens (including phenoxy) is 2. The normalized spacial score (nSPS) is 17.3. The monoisotopic (exact) mass is 525 g/mol. The van der Waals surface area contributed by atoms with Gasteiger partial charge in [0.2, 0.25) is 0 Å². The number of carbonyl (C=O) groups excluding carboxylic acids is 1. The van der Waals surface area contributed by atoms with E-state index < -0.39 is 5.97 Å². The number of amides is 1. The molecule has 0 bridgehead atoms. The molecule has 3 aromatic carbocycles. The van der Waals surface area contributed by atoms with Gasteiger partial charge in [-0.2, -0.15) is 0 Å². The first-order valence-corrected chi connectivity index (χ1v) is 13.1. The molecule has 0 saturated carbocycles. The second kappa shape index (κ2) is 12.3. The number of nitrogens with zero attached hydrogens (tertiary/aromatic N) is 2. The van der Waals surface area contributed by atoms with Crippen LogP contribution in [0.1, 0.15) is 33.6 Å². The molecule has 2 aliphatic heterocycles. The van der Waals surface area contributed by atoms with Crippen molar-refractivity contribution in [1.29, 1.82) is 0 Å². The molecule has 0 aliphatic carbocycles. The van der Waals surface area contributed by atoms with Gasteiger partial charge in [-0.15, -0.1) is 0 Å². The lowest BCUT2D eigenvalue weighted by molar-refractivity contribution is 0.0690. The maximum absolute atomic E-state index is 12.7. The molecule has 0 aromatic heterocycles. The number of benzene rings is 3. The second-order valence-corrected chi connectivity index (χ2v) is 9.62. The van der Waals surface area contributed by atoms with Crippen molar-refractivity contribution in [3.05, 3.63) is 102 Å². The van der Waals surface area contributed by atoms with E-state index in [4.69, 9.17) is 14.5 Å². The van der Waals surface area contributed by atoms with E-state index in [-0.39, 0.29) is 17.5 Å². The van der Waals surface area contributed by atoms with Crippen LogP contribution in [0.25, 0.3) is 0 Å². The van der Waals surface area contributed by atoms with Gasteiger partial charge < -0.3 is 24.8 Å². The van der Waals surface area contributed by atoms with Crippen LogP contribution in [0.2, 0.25) is 0 Å². The van der Waals surface area contributed by atoms with Crippen molar-refractivity contribution in [2.24, 2.45) is 10.9 Å². The molecule has 1 unspecified atom stereocenters. The lowest BCUT2D eigenvalue weighted by Crippen LogP contribution is -2.42. The maximum atomic E-state index is 12.7. The number of aliphatic imine (C=N–C) groups is 1. The van der Waals surface area contributed by atoms with Gasteiger partial charge in [-0.3, -0.25) is 9.79 Å². The molecule has 1 fully saturated rings. The number of carboxylic acid groups (broad SMARTS) is 1. The molecule has 2 aliphatic rings. The Morgan fingerprint density at radius 3 is 2.31 bits per heavy atom. The zero-order valence-electron chi connectivity index (χ0n) is 21.5. The van der Waals surface area contributed by atoms with Crippen LogP contribution in [0.3, 0.4) is 0 Å². The van der Waals surface area contributed by atoms with Gasteiger partial charge in [0.05, 0.1) is 19.2 Å². The van der Waals surface area contributed by atoms with Crippen molar-refractivity contribution < 1.29 is 24.2 Å². The first-order chi connectivity index (χ1) is 19.0. The quantitative estimate of drug-likeness (QED) is 0.428. The van der Waals surface area contributed by atoms with Crippen LogP contribution in [-0.4, -0.2) is 60.0 Å². The van der Waals surface area contributed by atoms with Gasteiger partial charge >= 0.3 is 5.97 Å². The molecule has 5 rings (SSSR count). The summed E-state index contributed by atoms with van der Waals surface area (Å²) in [6, 6.07) is 23.2. The fourth-order valence-electron chi connectivity index (χ4n) is 4.66. The molecule has 8 heteroatoms. The number of carboxylic acids is 1. The van der Waals surface area contributed by atoms with Crippen LogP contribution in [-0.2, 0) is 0 Å². The smallest absolute Gasteiger partial charge is 0.339 e. The van der Waals surface area contributed by atoms with Gasteiger partial charge in [0.15, 0.2) is 0 Å². The van der Waals surface area contributed by atoms with Crippen LogP contribution >= 0.6 is 0 Å². The summed E-state index contributed by atoms with van der Waals surface area (Å²) < 4.78 is 11.6. The predicted molar refractivity (Wildman–Crippen MR) is 149 cm³/mol. The Morgan fingerprint density at radius 1 is 0.923 bits per heavy atom. The van der Waals surface area contributed by atoms with E-state index in [0.717, 1.165) is 37.5 Å². The molecule has 200 valence electrons. The number of piperidine rings is 1. The fraction of sp³-hybridized carbons (Fsp3) is 0.258. The minimum Gasteiger partial charge on any atom is -0.492 e. The molecule has 0 radical (unpaired) electrons. The predicted octanol–water partition coefficient (Wildman–Crippen LogP) is 5.03. The van der Waals surface area contributed by atoms with Gasteiger partial charge in [-0.25, -0.2) is 4.79 Å². The molecule has 1 saturated heterocycles. The standard InChI is InChI=1S/C31H31N3O5/c35-30(23-10-13-26(14-11-23)39-25-6-2-1-3-7-25)33-24-12-15-29(32-20-24)34-18-16-22(17-19-34)21-38-28-9-5-4-8-27(28)31(36)37/h1-15,22,24H,16-21H2,(H,33,35)(H,36,37). The van der Waals surface area contributed by atoms with Gasteiger partial charge in [0.1, 0.15) is 28.6 Å². The Labute approximate surface area is 227 Å². The summed E-state index contributed by atoms with van der Waals surface area (Å²) in [5.74, 6) is 1.98. The second-order valence-electron chi connectivity index (χ2n) is 9.62. The molecule has 2 N–H and O–H groups in total. The number of rotatable bonds is 8. The summed E-state index contributed by atoms with van der Waals surface area (Å²) in [4.78, 5) is 31.1. The summed E-state index contributed by atoms with van der Waals surface area (Å²) in [5, 5.41) is 12.4. The molecule has 3 aromatic rings. The third-order valence-electron chi connectivity index (χ3n) is 6.87. The minimum atomic E-state index is -0.983. The number of carbonyl (C=O) groups is 2. The number of para-hydroxylation sites is 2. The summed E-state index contributed by atoms with van der Waals surface area (Å²) in [7, 11) is 0. The van der Waals surface area contributed by atoms with Crippen molar-refractivity contribution in [3.8, 4) is 17.2 Å². The van der Waals surface area contributed by atoms with E-state index in [9.17, 15) is 14.7 Å². The number of hydrogen-bond acceptors (Lipinski definition) is 6. The van der Waals surface area contributed by atoms with E-state index in [2.05, 4.69) is 10.2 Å². The molecule has 0 spiro atoms. The topological polar surface area (TPSA) is 100 Å². The highest BCUT2D eigenvalue weighted by Gasteiger charge is 2.24. The van der Waals surface area contributed by atoms with Crippen molar-refractivity contribution >= 4 is 17.7 Å². The highest BCUT2D eigenvalue weighted by Crippen LogP contribution is 2.24. The molecule has 1 amide bonds. The Balaban J connectivity index is 1.06. The maximum Gasteiger partial charge on any atom is 0.339 e. The molecular formula is C31H31N3O5. The number of amidine groups is 1. The van der Waals surface area contributed by atoms with Crippen LogP contribution in [0.5, 0.6) is 17.2 Å². The van der Waals surface area contributed by atoms with Crippen LogP contribution in [0.15, 0.2) is 96.0 Å². The first-order valence-electron chi connectivity index (χ1n) is 13.1. The lowest BCUT2D eigenvalue weighted by Gasteiger charge is -2.34. The molecular weight excluding hydrogens is 494 g/mol. The fourth-order valence-corrected chi connectivity index (χ4v) is 4.66. The van der Waals surface area contributed by atoms with Crippen molar-refractivity contribution in [1.82, 2.24) is 10.2 Å². The average molecular weight is 526 g/mol. The van der Waals surface area contributed by atoms with E-state index in [1.165, 1.54) is 0 Å². The molecule has 39 heavy (non-hydrogen) atoms. The largest absolute Gasteiger partial charge is 0.492 e. The van der Waals surface area contributed by atoms with Crippen LogP contribution in [0, 0.1) is 5.92 Å². The van der Waals surface area contributed by atoms with Gasteiger partial charge in [0.25, 0.3) is 5.91 Å². The summed E-state index contributed by atoms with van der Waals surface area (Å²) in [6.45, 7) is 2.69. The molecule has 2 heterocycles. The van der Waals surface area contributed by atoms with Gasteiger partial charge in [0, 0.05) is 18.7 Å². The van der Waals surface area contributed by atoms with E-state index in [1.54, 1.807) is 48.5 Å². The van der Waals surface area contributed by atoms with Gasteiger partial charge in [-0.1, -0.05) is 36.4 Å². The Hall–Kier alpha value is -4.59. The van der Waals surface area contributed by atoms with Crippen molar-refractivity contribution in [2.45, 2.75) is 18.9 Å². The number of aromatic carboxylic acids is 1. The highest BCUT2D eigenvalue weighted by atomic mass is 16.5. The zero-order valence-corrected chi connectivity index (χ0v) is 21.5. The van der Waals surface area contributed by atoms with E-state index in [0.29, 0.717) is 36.1 Å². The minimum absolute atomic E-state index is 0.153. The highest BCUT2D eigenvalue weighted by molar-refractivity contribution is 5.96. The van der Waals surface area contributed by atoms with Gasteiger partial charge in [-0.05, 0) is 73.4 Å². The Bertz CT molecular complexity index is 1350. The van der Waals surface area contributed by atoms with Crippen molar-refractivity contribution in [3.63, 3.8) is 0 Å². The number of dihydropyridines is 1. The SMILES string of the molecule is O=C(NC1C=CC(N2CCC(COc3ccccc3C(=O)O)CC2)=NC1)c1ccc(Oc2ccccc2)cc1. The first kappa shape index (κ1) is 26.0. The molecule has 8 nitrogen and oxygen atoms in total. The van der Waals surface area contributed by atoms with Crippen molar-refractivity contribution in [2.75, 3.05) is 26.2 Å². The zero-order chi connectivity index (χ0) is 27.0. The lowest BCUT2D eigenvalue weighted by atomic mass is 9.97. The Kier molecular flexibility index (Phi) is 8.21. The van der Waals surface area contributed by atoms with E-state index in [1.807, 2.05) is 42.5 Å². The third kappa shape index (κ3) is 6.84. The third-order valence-corrected chi connectivity index (χ3v) is 6.87. The summed E-state index contributed by atoms with van der Waals surface area (Å²) >= 11 is 0.